The minimum absolute atomic E-state index is 0.309. The molecule has 2 unspecified atom stereocenters. The Morgan fingerprint density at radius 1 is 1.63 bits per heavy atom. The highest BCUT2D eigenvalue weighted by molar-refractivity contribution is 9.10. The highest BCUT2D eigenvalue weighted by atomic mass is 79.9. The summed E-state index contributed by atoms with van der Waals surface area (Å²) in [7, 11) is 0. The monoisotopic (exact) mass is 346 g/mol. The molecule has 5 heteroatoms. The van der Waals surface area contributed by atoms with Gasteiger partial charge in [0.15, 0.2) is 0 Å². The fourth-order valence-corrected chi connectivity index (χ4v) is 4.33. The van der Waals surface area contributed by atoms with E-state index in [1.807, 2.05) is 11.3 Å². The smallest absolute Gasteiger partial charge is 0.0703 e. The van der Waals surface area contributed by atoms with Crippen molar-refractivity contribution in [3.63, 3.8) is 0 Å². The van der Waals surface area contributed by atoms with E-state index in [0.29, 0.717) is 18.7 Å². The SMILES string of the molecule is CCN(CC1CCCO1)C(CN)c1cc(Br)c(C)s1. The van der Waals surface area contributed by atoms with Gasteiger partial charge in [-0.3, -0.25) is 4.90 Å². The molecule has 2 rings (SSSR count). The molecule has 0 saturated carbocycles. The van der Waals surface area contributed by atoms with E-state index in [9.17, 15) is 0 Å². The third-order valence-electron chi connectivity index (χ3n) is 3.74. The summed E-state index contributed by atoms with van der Waals surface area (Å²) >= 11 is 5.44. The number of likely N-dealkylation sites (N-methyl/N-ethyl adjacent to an activating group) is 1. The van der Waals surface area contributed by atoms with Crippen molar-refractivity contribution in [3.05, 3.63) is 20.3 Å². The quantitative estimate of drug-likeness (QED) is 0.858. The van der Waals surface area contributed by atoms with E-state index in [1.54, 1.807) is 0 Å². The van der Waals surface area contributed by atoms with Gasteiger partial charge in [0, 0.05) is 33.9 Å². The van der Waals surface area contributed by atoms with Crippen LogP contribution in [0.5, 0.6) is 0 Å². The van der Waals surface area contributed by atoms with Gasteiger partial charge in [0.1, 0.15) is 0 Å². The molecule has 2 atom stereocenters. The van der Waals surface area contributed by atoms with Crippen molar-refractivity contribution < 1.29 is 4.74 Å². The number of hydrogen-bond donors (Lipinski definition) is 1. The Labute approximate surface area is 128 Å². The van der Waals surface area contributed by atoms with Crippen LogP contribution in [-0.4, -0.2) is 37.2 Å². The highest BCUT2D eigenvalue weighted by Crippen LogP contribution is 2.33. The van der Waals surface area contributed by atoms with Gasteiger partial charge in [-0.1, -0.05) is 6.92 Å². The van der Waals surface area contributed by atoms with Crippen LogP contribution < -0.4 is 5.73 Å². The fraction of sp³-hybridized carbons (Fsp3) is 0.714. The van der Waals surface area contributed by atoms with Crippen molar-refractivity contribution >= 4 is 27.3 Å². The molecule has 0 radical (unpaired) electrons. The number of nitrogens with two attached hydrogens (primary N) is 1. The first-order valence-electron chi connectivity index (χ1n) is 6.97. The average molecular weight is 347 g/mol. The molecule has 2 heterocycles. The van der Waals surface area contributed by atoms with Crippen molar-refractivity contribution in [3.8, 4) is 0 Å². The van der Waals surface area contributed by atoms with E-state index in [1.165, 1.54) is 27.1 Å². The molecule has 1 aromatic heterocycles. The van der Waals surface area contributed by atoms with Crippen molar-refractivity contribution in [1.82, 2.24) is 4.90 Å². The van der Waals surface area contributed by atoms with Gasteiger partial charge in [-0.2, -0.15) is 0 Å². The molecule has 1 aliphatic rings. The van der Waals surface area contributed by atoms with E-state index in [2.05, 4.69) is 40.7 Å². The minimum atomic E-state index is 0.309. The molecular weight excluding hydrogens is 324 g/mol. The van der Waals surface area contributed by atoms with Crippen LogP contribution in [0.1, 0.15) is 35.6 Å². The maximum absolute atomic E-state index is 6.02. The van der Waals surface area contributed by atoms with Crippen LogP contribution in [0, 0.1) is 6.92 Å². The summed E-state index contributed by atoms with van der Waals surface area (Å²) in [6.07, 6.45) is 2.76. The molecular formula is C14H23BrN2OS. The van der Waals surface area contributed by atoms with Crippen LogP contribution in [0.3, 0.4) is 0 Å². The third-order valence-corrected chi connectivity index (χ3v) is 5.97. The number of ether oxygens (including phenoxy) is 1. The highest BCUT2D eigenvalue weighted by Gasteiger charge is 2.25. The summed E-state index contributed by atoms with van der Waals surface area (Å²) < 4.78 is 6.95. The van der Waals surface area contributed by atoms with Crippen LogP contribution in [0.25, 0.3) is 0 Å². The predicted octanol–water partition coefficient (Wildman–Crippen LogP) is 3.32. The number of nitrogens with zero attached hydrogens (tertiary/aromatic N) is 1. The molecule has 2 N–H and O–H groups in total. The molecule has 1 aromatic rings. The average Bonchev–Trinajstić information content (AvgIpc) is 3.00. The Morgan fingerprint density at radius 2 is 2.42 bits per heavy atom. The summed E-state index contributed by atoms with van der Waals surface area (Å²) in [5, 5.41) is 0. The number of hydrogen-bond acceptors (Lipinski definition) is 4. The van der Waals surface area contributed by atoms with Crippen LogP contribution in [0.15, 0.2) is 10.5 Å². The number of aryl methyl sites for hydroxylation is 1. The number of rotatable bonds is 6. The van der Waals surface area contributed by atoms with Gasteiger partial charge in [-0.25, -0.2) is 0 Å². The van der Waals surface area contributed by atoms with Crippen LogP contribution >= 0.6 is 27.3 Å². The molecule has 108 valence electrons. The lowest BCUT2D eigenvalue weighted by molar-refractivity contribution is 0.0607. The van der Waals surface area contributed by atoms with E-state index < -0.39 is 0 Å². The second kappa shape index (κ2) is 7.18. The zero-order valence-electron chi connectivity index (χ0n) is 11.7. The van der Waals surface area contributed by atoms with Gasteiger partial charge < -0.3 is 10.5 Å². The summed E-state index contributed by atoms with van der Waals surface area (Å²) in [6.45, 7) is 7.92. The second-order valence-electron chi connectivity index (χ2n) is 5.03. The van der Waals surface area contributed by atoms with Crippen LogP contribution in [-0.2, 0) is 4.74 Å². The molecule has 0 aliphatic carbocycles. The molecule has 0 bridgehead atoms. The van der Waals surface area contributed by atoms with Crippen molar-refractivity contribution in [1.29, 1.82) is 0 Å². The number of halogens is 1. The fourth-order valence-electron chi connectivity index (χ4n) is 2.62. The van der Waals surface area contributed by atoms with E-state index in [-0.39, 0.29) is 0 Å². The molecule has 1 saturated heterocycles. The van der Waals surface area contributed by atoms with Crippen molar-refractivity contribution in [2.75, 3.05) is 26.2 Å². The Bertz CT molecular complexity index is 385. The largest absolute Gasteiger partial charge is 0.377 e. The first-order chi connectivity index (χ1) is 9.15. The third kappa shape index (κ3) is 3.79. The molecule has 3 nitrogen and oxygen atoms in total. The lowest BCUT2D eigenvalue weighted by Gasteiger charge is -2.31. The van der Waals surface area contributed by atoms with Gasteiger partial charge in [0.25, 0.3) is 0 Å². The van der Waals surface area contributed by atoms with Gasteiger partial charge in [-0.05, 0) is 48.3 Å². The molecule has 0 spiro atoms. The molecule has 1 fully saturated rings. The van der Waals surface area contributed by atoms with Crippen LogP contribution in [0.2, 0.25) is 0 Å². The maximum atomic E-state index is 6.02. The molecule has 19 heavy (non-hydrogen) atoms. The van der Waals surface area contributed by atoms with E-state index in [0.717, 1.165) is 19.7 Å². The summed E-state index contributed by atoms with van der Waals surface area (Å²) in [4.78, 5) is 5.13. The van der Waals surface area contributed by atoms with E-state index >= 15 is 0 Å². The van der Waals surface area contributed by atoms with Crippen molar-refractivity contribution in [2.45, 2.75) is 38.8 Å². The topological polar surface area (TPSA) is 38.5 Å². The second-order valence-corrected chi connectivity index (χ2v) is 7.17. The normalized spacial score (nSPS) is 21.2. The van der Waals surface area contributed by atoms with Gasteiger partial charge in [-0.15, -0.1) is 11.3 Å². The molecule has 0 amide bonds. The lowest BCUT2D eigenvalue weighted by atomic mass is 10.1. The van der Waals surface area contributed by atoms with Gasteiger partial charge in [0.05, 0.1) is 12.1 Å². The maximum Gasteiger partial charge on any atom is 0.0703 e. The Morgan fingerprint density at radius 3 is 2.89 bits per heavy atom. The predicted molar refractivity (Wildman–Crippen MR) is 84.8 cm³/mol. The van der Waals surface area contributed by atoms with Crippen LogP contribution in [0.4, 0.5) is 0 Å². The lowest BCUT2D eigenvalue weighted by Crippen LogP contribution is -2.38. The number of thiophene rings is 1. The first kappa shape index (κ1) is 15.4. The zero-order chi connectivity index (χ0) is 13.8. The Balaban J connectivity index is 2.08. The first-order valence-corrected chi connectivity index (χ1v) is 8.58. The standard InChI is InChI=1S/C14H23BrN2OS/c1-3-17(9-11-5-4-6-18-11)13(8-16)14-7-12(15)10(2)19-14/h7,11,13H,3-6,8-9,16H2,1-2H3. The van der Waals surface area contributed by atoms with Gasteiger partial charge in [0.2, 0.25) is 0 Å². The van der Waals surface area contributed by atoms with Gasteiger partial charge >= 0.3 is 0 Å². The minimum Gasteiger partial charge on any atom is -0.377 e. The summed E-state index contributed by atoms with van der Waals surface area (Å²) in [5.41, 5.74) is 6.02. The summed E-state index contributed by atoms with van der Waals surface area (Å²) in [5.74, 6) is 0. The molecule has 1 aliphatic heterocycles. The Kier molecular flexibility index (Phi) is 5.84. The zero-order valence-corrected chi connectivity index (χ0v) is 14.1. The van der Waals surface area contributed by atoms with Crippen molar-refractivity contribution in [2.24, 2.45) is 5.73 Å². The molecule has 0 aromatic carbocycles. The Hall–Kier alpha value is 0.0600. The summed E-state index contributed by atoms with van der Waals surface area (Å²) in [6, 6.07) is 2.53. The van der Waals surface area contributed by atoms with E-state index in [4.69, 9.17) is 10.5 Å².